The van der Waals surface area contributed by atoms with Crippen LogP contribution in [0.4, 0.5) is 0 Å². The molecule has 2 heterocycles. The second-order valence-corrected chi connectivity index (χ2v) is 9.09. The van der Waals surface area contributed by atoms with Crippen molar-refractivity contribution in [3.8, 4) is 17.2 Å². The van der Waals surface area contributed by atoms with Crippen molar-refractivity contribution in [2.24, 2.45) is 0 Å². The molecule has 2 aliphatic heterocycles. The molecule has 0 fully saturated rings. The van der Waals surface area contributed by atoms with Gasteiger partial charge in [0.05, 0.1) is 18.8 Å². The zero-order valence-electron chi connectivity index (χ0n) is 19.2. The molecule has 0 saturated heterocycles. The third kappa shape index (κ3) is 4.65. The summed E-state index contributed by atoms with van der Waals surface area (Å²) in [5, 5.41) is 11.1. The van der Waals surface area contributed by atoms with E-state index in [1.165, 1.54) is 0 Å². The van der Waals surface area contributed by atoms with Crippen LogP contribution in [0.25, 0.3) is 5.57 Å². The van der Waals surface area contributed by atoms with Gasteiger partial charge in [-0.2, -0.15) is 0 Å². The zero-order valence-corrected chi connectivity index (χ0v) is 19.2. The minimum absolute atomic E-state index is 0.0383. The molecule has 0 aromatic heterocycles. The molecule has 0 radical (unpaired) electrons. The number of fused-ring (bicyclic) bond motifs is 2. The van der Waals surface area contributed by atoms with Crippen LogP contribution in [-0.2, 0) is 31.9 Å². The molecule has 0 unspecified atom stereocenters. The van der Waals surface area contributed by atoms with Crippen molar-refractivity contribution in [3.63, 3.8) is 0 Å². The number of phenols is 1. The molecule has 31 heavy (non-hydrogen) atoms. The maximum atomic E-state index is 13.0. The highest BCUT2D eigenvalue weighted by Crippen LogP contribution is 2.53. The van der Waals surface area contributed by atoms with E-state index in [0.717, 1.165) is 6.08 Å². The minimum atomic E-state index is -0.651. The molecule has 7 heteroatoms. The van der Waals surface area contributed by atoms with Gasteiger partial charge in [-0.05, 0) is 67.2 Å². The molecule has 1 aromatic carbocycles. The van der Waals surface area contributed by atoms with Crippen LogP contribution in [0.2, 0.25) is 0 Å². The molecule has 7 nitrogen and oxygen atoms in total. The van der Waals surface area contributed by atoms with E-state index >= 15 is 0 Å². The molecule has 0 aliphatic carbocycles. The Hall–Kier alpha value is -2.70. The minimum Gasteiger partial charge on any atom is -0.504 e. The number of aromatic hydroxyl groups is 1. The van der Waals surface area contributed by atoms with Crippen LogP contribution in [0.3, 0.4) is 0 Å². The van der Waals surface area contributed by atoms with E-state index in [0.29, 0.717) is 53.9 Å². The average molecular weight is 433 g/mol. The summed E-state index contributed by atoms with van der Waals surface area (Å²) >= 11 is 0. The van der Waals surface area contributed by atoms with Crippen LogP contribution in [-0.4, -0.2) is 41.5 Å². The summed E-state index contributed by atoms with van der Waals surface area (Å²) in [4.78, 5) is 25.3. The van der Waals surface area contributed by atoms with Gasteiger partial charge >= 0.3 is 11.9 Å². The van der Waals surface area contributed by atoms with E-state index < -0.39 is 23.1 Å². The molecule has 0 spiro atoms. The van der Waals surface area contributed by atoms with Crippen LogP contribution < -0.4 is 9.47 Å². The number of esters is 2. The van der Waals surface area contributed by atoms with Crippen molar-refractivity contribution in [1.29, 1.82) is 0 Å². The first kappa shape index (κ1) is 23.0. The van der Waals surface area contributed by atoms with Crippen LogP contribution >= 0.6 is 0 Å². The van der Waals surface area contributed by atoms with Gasteiger partial charge in [-0.3, -0.25) is 0 Å². The highest BCUT2D eigenvalue weighted by atomic mass is 16.5. The Morgan fingerprint density at radius 2 is 1.48 bits per heavy atom. The van der Waals surface area contributed by atoms with E-state index in [9.17, 15) is 14.7 Å². The summed E-state index contributed by atoms with van der Waals surface area (Å²) in [6, 6.07) is 0. The molecule has 0 saturated carbocycles. The zero-order chi connectivity index (χ0) is 23.0. The van der Waals surface area contributed by atoms with Crippen molar-refractivity contribution in [2.45, 2.75) is 78.4 Å². The molecule has 2 aliphatic rings. The molecule has 3 rings (SSSR count). The molecule has 170 valence electrons. The van der Waals surface area contributed by atoms with E-state index in [4.69, 9.17) is 18.9 Å². The predicted molar refractivity (Wildman–Crippen MR) is 115 cm³/mol. The van der Waals surface area contributed by atoms with E-state index in [1.54, 1.807) is 13.8 Å². The summed E-state index contributed by atoms with van der Waals surface area (Å²) in [7, 11) is 0. The Bertz CT molecular complexity index is 925. The number of hydrogen-bond donors (Lipinski definition) is 1. The summed E-state index contributed by atoms with van der Waals surface area (Å²) < 4.78 is 22.8. The quantitative estimate of drug-likeness (QED) is 0.553. The van der Waals surface area contributed by atoms with Gasteiger partial charge < -0.3 is 24.1 Å². The molecule has 0 atom stereocenters. The van der Waals surface area contributed by atoms with Gasteiger partial charge in [0.2, 0.25) is 0 Å². The Morgan fingerprint density at radius 1 is 0.935 bits per heavy atom. The van der Waals surface area contributed by atoms with E-state index in [1.807, 2.05) is 27.7 Å². The van der Waals surface area contributed by atoms with Crippen LogP contribution in [0.15, 0.2) is 6.08 Å². The SMILES string of the molecule is CCOC(=O)/C=C(/C(=O)OCC)c1c2c(c(O)c3c1OC(C)(C)CC3)OC(C)(C)CC2. The predicted octanol–water partition coefficient (Wildman–Crippen LogP) is 4.11. The second-order valence-electron chi connectivity index (χ2n) is 9.09. The second kappa shape index (κ2) is 8.44. The molecule has 1 N–H and O–H groups in total. The Balaban J connectivity index is 2.32. The summed E-state index contributed by atoms with van der Waals surface area (Å²) in [5.41, 5.74) is 0.730. The van der Waals surface area contributed by atoms with Gasteiger partial charge in [0.25, 0.3) is 0 Å². The molecular weight excluding hydrogens is 400 g/mol. The number of carbonyl (C=O) groups is 2. The fraction of sp³-hybridized carbons (Fsp3) is 0.583. The lowest BCUT2D eigenvalue weighted by atomic mass is 9.83. The van der Waals surface area contributed by atoms with Gasteiger partial charge in [-0.25, -0.2) is 9.59 Å². The lowest BCUT2D eigenvalue weighted by Crippen LogP contribution is -2.36. The summed E-state index contributed by atoms with van der Waals surface area (Å²) in [6.45, 7) is 11.5. The molecule has 1 aromatic rings. The lowest BCUT2D eigenvalue weighted by molar-refractivity contribution is -0.139. The Morgan fingerprint density at radius 3 is 2.06 bits per heavy atom. The lowest BCUT2D eigenvalue weighted by Gasteiger charge is -2.39. The highest BCUT2D eigenvalue weighted by Gasteiger charge is 2.40. The number of rotatable bonds is 5. The van der Waals surface area contributed by atoms with Crippen molar-refractivity contribution in [3.05, 3.63) is 22.8 Å². The number of carbonyl (C=O) groups excluding carboxylic acids is 2. The standard InChI is InChI=1S/C24H32O7/c1-7-28-17(25)13-16(22(27)29-8-2)18-14-9-11-24(5,6)31-21(14)19(26)15-10-12-23(3,4)30-20(15)18/h13,26H,7-12H2,1-6H3/b16-13+. The number of ether oxygens (including phenoxy) is 4. The molecular formula is C24H32O7. The fourth-order valence-corrected chi connectivity index (χ4v) is 4.02. The van der Waals surface area contributed by atoms with Crippen molar-refractivity contribution < 1.29 is 33.6 Å². The molecule has 0 bridgehead atoms. The van der Waals surface area contributed by atoms with Gasteiger partial charge in [0.15, 0.2) is 11.5 Å². The average Bonchev–Trinajstić information content (AvgIpc) is 2.67. The first-order chi connectivity index (χ1) is 14.5. The monoisotopic (exact) mass is 432 g/mol. The number of benzene rings is 1. The van der Waals surface area contributed by atoms with Crippen molar-refractivity contribution >= 4 is 17.5 Å². The van der Waals surface area contributed by atoms with Crippen LogP contribution in [0, 0.1) is 0 Å². The Labute approximate surface area is 183 Å². The maximum Gasteiger partial charge on any atom is 0.339 e. The third-order valence-electron chi connectivity index (χ3n) is 5.60. The van der Waals surface area contributed by atoms with Gasteiger partial charge in [-0.15, -0.1) is 0 Å². The van der Waals surface area contributed by atoms with Crippen LogP contribution in [0.1, 0.15) is 71.1 Å². The molecule has 0 amide bonds. The first-order valence-corrected chi connectivity index (χ1v) is 10.8. The largest absolute Gasteiger partial charge is 0.504 e. The van der Waals surface area contributed by atoms with E-state index in [2.05, 4.69) is 0 Å². The number of hydrogen-bond acceptors (Lipinski definition) is 7. The number of phenolic OH excluding ortho intramolecular Hbond substituents is 1. The summed E-state index contributed by atoms with van der Waals surface area (Å²) in [5.74, 6) is -0.515. The smallest absolute Gasteiger partial charge is 0.339 e. The van der Waals surface area contributed by atoms with Gasteiger partial charge in [0.1, 0.15) is 17.0 Å². The normalized spacial score (nSPS) is 18.7. The fourth-order valence-electron chi connectivity index (χ4n) is 4.02. The Kier molecular flexibility index (Phi) is 6.25. The van der Waals surface area contributed by atoms with Gasteiger partial charge in [0, 0.05) is 22.8 Å². The third-order valence-corrected chi connectivity index (χ3v) is 5.60. The summed E-state index contributed by atoms with van der Waals surface area (Å²) in [6.07, 6.45) is 3.60. The van der Waals surface area contributed by atoms with Crippen molar-refractivity contribution in [2.75, 3.05) is 13.2 Å². The maximum absolute atomic E-state index is 13.0. The van der Waals surface area contributed by atoms with E-state index in [-0.39, 0.29) is 24.5 Å². The van der Waals surface area contributed by atoms with Gasteiger partial charge in [-0.1, -0.05) is 0 Å². The van der Waals surface area contributed by atoms with Crippen molar-refractivity contribution in [1.82, 2.24) is 0 Å². The van der Waals surface area contributed by atoms with Crippen LogP contribution in [0.5, 0.6) is 17.2 Å². The topological polar surface area (TPSA) is 91.3 Å². The highest BCUT2D eigenvalue weighted by molar-refractivity contribution is 6.22. The first-order valence-electron chi connectivity index (χ1n) is 10.8.